The number of aromatic nitrogens is 5. The summed E-state index contributed by atoms with van der Waals surface area (Å²) in [6.45, 7) is 3.10. The number of hydrogen-bond donors (Lipinski definition) is 2. The molecule has 9 nitrogen and oxygen atoms in total. The molecule has 3 N–H and O–H groups in total. The topological polar surface area (TPSA) is 136 Å². The molecule has 35 heavy (non-hydrogen) atoms. The molecule has 3 heterocycles. The highest BCUT2D eigenvalue weighted by molar-refractivity contribution is 5.90. The van der Waals surface area contributed by atoms with Gasteiger partial charge in [-0.3, -0.25) is 9.36 Å². The molecule has 174 valence electrons. The highest BCUT2D eigenvalue weighted by atomic mass is 16.4. The number of benzene rings is 2. The van der Waals surface area contributed by atoms with Crippen LogP contribution in [0.5, 0.6) is 0 Å². The monoisotopic (exact) mass is 465 g/mol. The molecule has 0 fully saturated rings. The summed E-state index contributed by atoms with van der Waals surface area (Å²) in [5.74, 6) is -0.550. The number of carboxylic acids is 1. The number of rotatable bonds is 5. The minimum Gasteiger partial charge on any atom is -0.478 e. The molecule has 5 rings (SSSR count). The number of aromatic carboxylic acids is 1. The number of nitriles is 1. The summed E-state index contributed by atoms with van der Waals surface area (Å²) in [5.41, 5.74) is 8.70. The van der Waals surface area contributed by atoms with Crippen molar-refractivity contribution in [2.75, 3.05) is 5.73 Å². The largest absolute Gasteiger partial charge is 0.478 e. The summed E-state index contributed by atoms with van der Waals surface area (Å²) in [4.78, 5) is 15.0. The molecule has 0 aliphatic carbocycles. The Labute approximate surface area is 201 Å². The van der Waals surface area contributed by atoms with Gasteiger partial charge in [0.1, 0.15) is 17.5 Å². The maximum atomic E-state index is 11.1. The van der Waals surface area contributed by atoms with E-state index in [9.17, 15) is 4.79 Å². The van der Waals surface area contributed by atoms with Crippen LogP contribution in [0.15, 0.2) is 79.4 Å². The van der Waals surface area contributed by atoms with E-state index in [1.54, 1.807) is 12.3 Å². The Morgan fingerprint density at radius 1 is 1.03 bits per heavy atom. The zero-order chi connectivity index (χ0) is 24.8. The van der Waals surface area contributed by atoms with Crippen molar-refractivity contribution in [3.8, 4) is 6.07 Å². The summed E-state index contributed by atoms with van der Waals surface area (Å²) in [6.07, 6.45) is 6.90. The quantitative estimate of drug-likeness (QED) is 0.402. The van der Waals surface area contributed by atoms with Crippen LogP contribution in [0.25, 0.3) is 10.8 Å². The first-order valence-electron chi connectivity index (χ1n) is 10.8. The van der Waals surface area contributed by atoms with E-state index >= 15 is 0 Å². The van der Waals surface area contributed by atoms with E-state index in [0.29, 0.717) is 18.9 Å². The van der Waals surface area contributed by atoms with Crippen LogP contribution in [0.4, 0.5) is 5.82 Å². The highest BCUT2D eigenvalue weighted by Crippen LogP contribution is 2.17. The van der Waals surface area contributed by atoms with E-state index in [1.807, 2.05) is 78.6 Å². The van der Waals surface area contributed by atoms with Crippen LogP contribution in [0, 0.1) is 18.3 Å². The van der Waals surface area contributed by atoms with Gasteiger partial charge in [-0.15, -0.1) is 0 Å². The smallest absolute Gasteiger partial charge is 0.340 e. The van der Waals surface area contributed by atoms with Crippen molar-refractivity contribution in [2.45, 2.75) is 20.0 Å². The molecule has 5 aromatic rings. The Morgan fingerprint density at radius 2 is 1.71 bits per heavy atom. The lowest BCUT2D eigenvalue weighted by Gasteiger charge is -2.05. The lowest BCUT2D eigenvalue weighted by molar-refractivity contribution is 0.0696. The zero-order valence-electron chi connectivity index (χ0n) is 19.0. The molecule has 0 spiro atoms. The number of fused-ring (bicyclic) bond motifs is 1. The van der Waals surface area contributed by atoms with Gasteiger partial charge in [0.15, 0.2) is 5.69 Å². The number of nitrogens with two attached hydrogens (primary N) is 1. The molecule has 0 radical (unpaired) electrons. The average Bonchev–Trinajstić information content (AvgIpc) is 3.47. The fraction of sp³-hybridized carbons (Fsp3) is 0.115. The molecule has 0 aliphatic rings. The summed E-state index contributed by atoms with van der Waals surface area (Å²) in [5, 5.41) is 28.4. The van der Waals surface area contributed by atoms with Crippen molar-refractivity contribution in [2.24, 2.45) is 0 Å². The van der Waals surface area contributed by atoms with E-state index in [2.05, 4.69) is 15.2 Å². The van der Waals surface area contributed by atoms with Crippen molar-refractivity contribution in [3.05, 3.63) is 107 Å². The number of carbonyl (C=O) groups is 1. The van der Waals surface area contributed by atoms with Gasteiger partial charge in [-0.05, 0) is 35.1 Å². The molecule has 2 aromatic carbocycles. The third-order valence-corrected chi connectivity index (χ3v) is 5.28. The Kier molecular flexibility index (Phi) is 6.83. The molecule has 0 saturated carbocycles. The fourth-order valence-corrected chi connectivity index (χ4v) is 3.56. The van der Waals surface area contributed by atoms with Crippen LogP contribution >= 0.6 is 0 Å². The van der Waals surface area contributed by atoms with E-state index in [4.69, 9.17) is 16.1 Å². The lowest BCUT2D eigenvalue weighted by Crippen LogP contribution is -2.02. The number of pyridine rings is 1. The second-order valence-electron chi connectivity index (χ2n) is 7.96. The predicted octanol–water partition coefficient (Wildman–Crippen LogP) is 3.87. The molecule has 0 aliphatic heterocycles. The van der Waals surface area contributed by atoms with Crippen molar-refractivity contribution in [3.63, 3.8) is 0 Å². The predicted molar refractivity (Wildman–Crippen MR) is 132 cm³/mol. The normalized spacial score (nSPS) is 10.4. The molecule has 0 unspecified atom stereocenters. The third-order valence-electron chi connectivity index (χ3n) is 5.28. The molecule has 9 heteroatoms. The van der Waals surface area contributed by atoms with Crippen LogP contribution in [0.1, 0.15) is 32.7 Å². The highest BCUT2D eigenvalue weighted by Gasteiger charge is 2.15. The van der Waals surface area contributed by atoms with Crippen molar-refractivity contribution < 1.29 is 9.90 Å². The van der Waals surface area contributed by atoms with Crippen molar-refractivity contribution >= 4 is 22.6 Å². The van der Waals surface area contributed by atoms with Crippen LogP contribution in [-0.2, 0) is 13.1 Å². The van der Waals surface area contributed by atoms with Crippen LogP contribution in [-0.4, -0.2) is 35.6 Å². The Hall–Kier alpha value is -4.97. The first kappa shape index (κ1) is 23.2. The summed E-state index contributed by atoms with van der Waals surface area (Å²) in [6, 6.07) is 19.6. The zero-order valence-corrected chi connectivity index (χ0v) is 19.0. The molecule has 0 amide bonds. The number of hydrogen-bond acceptors (Lipinski definition) is 6. The molecule has 3 aromatic heterocycles. The Balaban J connectivity index is 0.000000218. The summed E-state index contributed by atoms with van der Waals surface area (Å²) in [7, 11) is 0. The van der Waals surface area contributed by atoms with Gasteiger partial charge in [-0.2, -0.15) is 15.5 Å². The second-order valence-corrected chi connectivity index (χ2v) is 7.96. The number of nitrogens with zero attached hydrogens (tertiary/aromatic N) is 6. The minimum atomic E-state index is -1.15. The van der Waals surface area contributed by atoms with E-state index in [1.165, 1.54) is 10.9 Å². The van der Waals surface area contributed by atoms with Gasteiger partial charge in [-0.1, -0.05) is 48.5 Å². The summed E-state index contributed by atoms with van der Waals surface area (Å²) < 4.78 is 3.34. The Bertz CT molecular complexity index is 1510. The molecule has 0 saturated heterocycles. The number of nitrogen functional groups attached to an aromatic ring is 1. The van der Waals surface area contributed by atoms with Crippen molar-refractivity contribution in [1.29, 1.82) is 5.26 Å². The van der Waals surface area contributed by atoms with E-state index in [0.717, 1.165) is 27.5 Å². The number of carboxylic acid groups (broad SMARTS) is 1. The van der Waals surface area contributed by atoms with Gasteiger partial charge < -0.3 is 10.8 Å². The van der Waals surface area contributed by atoms with Crippen LogP contribution in [0.3, 0.4) is 0 Å². The molecule has 0 atom stereocenters. The van der Waals surface area contributed by atoms with Crippen LogP contribution in [0.2, 0.25) is 0 Å². The maximum Gasteiger partial charge on any atom is 0.340 e. The molecule has 0 bridgehead atoms. The van der Waals surface area contributed by atoms with E-state index in [-0.39, 0.29) is 11.3 Å². The molecular formula is C26H23N7O2. The number of aryl methyl sites for hydroxylation is 1. The Morgan fingerprint density at radius 3 is 2.29 bits per heavy atom. The lowest BCUT2D eigenvalue weighted by atomic mass is 10.1. The molecular weight excluding hydrogens is 442 g/mol. The average molecular weight is 466 g/mol. The summed E-state index contributed by atoms with van der Waals surface area (Å²) >= 11 is 0. The number of anilines is 1. The van der Waals surface area contributed by atoms with Gasteiger partial charge in [0.05, 0.1) is 19.3 Å². The van der Waals surface area contributed by atoms with Gasteiger partial charge >= 0.3 is 5.97 Å². The van der Waals surface area contributed by atoms with Gasteiger partial charge in [0, 0.05) is 24.0 Å². The minimum absolute atomic E-state index is 0.0758. The van der Waals surface area contributed by atoms with Gasteiger partial charge in [-0.25, -0.2) is 9.78 Å². The maximum absolute atomic E-state index is 11.1. The van der Waals surface area contributed by atoms with Crippen LogP contribution < -0.4 is 5.73 Å². The first-order chi connectivity index (χ1) is 16.9. The first-order valence-corrected chi connectivity index (χ1v) is 10.8. The van der Waals surface area contributed by atoms with Crippen molar-refractivity contribution in [1.82, 2.24) is 24.5 Å². The van der Waals surface area contributed by atoms with Gasteiger partial charge in [0.25, 0.3) is 0 Å². The second kappa shape index (κ2) is 10.3. The third kappa shape index (κ3) is 5.69. The van der Waals surface area contributed by atoms with E-state index < -0.39 is 5.97 Å². The van der Waals surface area contributed by atoms with Gasteiger partial charge in [0.2, 0.25) is 0 Å². The standard InChI is InChI=1S/C17H15N5O2.C9H8N2/c1-12-7-19-21(8-12)9-13-2-4-14(5-3-13)10-22-11-15(17(23)24)16(6-18)20-22;10-9-8-4-2-1-3-7(8)5-6-11-9/h2-5,7-8,11H,9-10H2,1H3,(H,23,24);1-6H,(H2,10,11). The fourth-order valence-electron chi connectivity index (χ4n) is 3.56. The SMILES string of the molecule is Cc1cnn(Cc2ccc(Cn3cc(C(=O)O)c(C#N)n3)cc2)c1.Nc1nccc2ccccc12.